The first kappa shape index (κ1) is 31.8. The minimum absolute atomic E-state index is 0.307. The molecule has 0 unspecified atom stereocenters. The van der Waals surface area contributed by atoms with Crippen molar-refractivity contribution in [3.63, 3.8) is 0 Å². The first-order chi connectivity index (χ1) is 18.5. The molecule has 0 saturated heterocycles. The topological polar surface area (TPSA) is 40.5 Å². The SMILES string of the molecule is C=C(/C=C\C(=C/C)CCCCCCO)CCc1ccc(CCc2ccc(CCCCCCO)cc2)cc1C. The summed E-state index contributed by atoms with van der Waals surface area (Å²) in [7, 11) is 0. The van der Waals surface area contributed by atoms with E-state index in [1.54, 1.807) is 0 Å². The summed E-state index contributed by atoms with van der Waals surface area (Å²) in [6, 6.07) is 16.1. The van der Waals surface area contributed by atoms with Crippen molar-refractivity contribution >= 4 is 0 Å². The van der Waals surface area contributed by atoms with Crippen molar-refractivity contribution in [3.8, 4) is 0 Å². The lowest BCUT2D eigenvalue weighted by atomic mass is 9.96. The zero-order valence-corrected chi connectivity index (χ0v) is 24.2. The molecular weight excluding hydrogens is 464 g/mol. The van der Waals surface area contributed by atoms with Crippen molar-refractivity contribution in [2.24, 2.45) is 0 Å². The van der Waals surface area contributed by atoms with E-state index < -0.39 is 0 Å². The van der Waals surface area contributed by atoms with Crippen LogP contribution in [0.4, 0.5) is 0 Å². The smallest absolute Gasteiger partial charge is 0.0431 e. The summed E-state index contributed by atoms with van der Waals surface area (Å²) in [4.78, 5) is 0. The molecule has 2 heteroatoms. The summed E-state index contributed by atoms with van der Waals surface area (Å²) in [5.41, 5.74) is 9.60. The highest BCUT2D eigenvalue weighted by molar-refractivity contribution is 5.34. The van der Waals surface area contributed by atoms with Gasteiger partial charge in [0.1, 0.15) is 0 Å². The zero-order valence-electron chi connectivity index (χ0n) is 24.2. The third-order valence-electron chi connectivity index (χ3n) is 7.50. The summed E-state index contributed by atoms with van der Waals surface area (Å²) >= 11 is 0. The second-order valence-electron chi connectivity index (χ2n) is 10.7. The third kappa shape index (κ3) is 13.4. The molecule has 0 fully saturated rings. The van der Waals surface area contributed by atoms with Gasteiger partial charge in [0, 0.05) is 13.2 Å². The van der Waals surface area contributed by atoms with Crippen LogP contribution in [0.25, 0.3) is 0 Å². The lowest BCUT2D eigenvalue weighted by Crippen LogP contribution is -1.96. The Labute approximate surface area is 233 Å². The maximum absolute atomic E-state index is 8.90. The summed E-state index contributed by atoms with van der Waals surface area (Å²) in [6.07, 6.45) is 21.9. The molecule has 0 bridgehead atoms. The van der Waals surface area contributed by atoms with E-state index in [0.717, 1.165) is 64.2 Å². The van der Waals surface area contributed by atoms with E-state index in [9.17, 15) is 0 Å². The molecule has 0 aliphatic carbocycles. The normalized spacial score (nSPS) is 11.9. The van der Waals surface area contributed by atoms with Gasteiger partial charge in [-0.1, -0.05) is 104 Å². The number of unbranched alkanes of at least 4 members (excludes halogenated alkanes) is 6. The van der Waals surface area contributed by atoms with Crippen LogP contribution in [0.1, 0.15) is 98.9 Å². The summed E-state index contributed by atoms with van der Waals surface area (Å²) in [6.45, 7) is 9.26. The van der Waals surface area contributed by atoms with Crippen molar-refractivity contribution in [1.82, 2.24) is 0 Å². The number of aliphatic hydroxyl groups excluding tert-OH is 2. The number of aryl methyl sites for hydroxylation is 5. The summed E-state index contributed by atoms with van der Waals surface area (Å²) in [5.74, 6) is 0. The van der Waals surface area contributed by atoms with E-state index in [4.69, 9.17) is 10.2 Å². The third-order valence-corrected chi connectivity index (χ3v) is 7.50. The number of hydrogen-bond donors (Lipinski definition) is 2. The standard InChI is InChI=1S/C36H52O2/c1-4-32(13-9-5-7-11-27-37)17-15-30(2)16-25-36-26-24-35(29-31(36)3)23-22-34-20-18-33(19-21-34)14-10-6-8-12-28-38/h4,15,17-21,24,26,29,37-38H,2,5-14,16,22-23,25,27-28H2,1,3H3/b17-15-,32-4-. The molecule has 0 radical (unpaired) electrons. The second kappa shape index (κ2) is 19.6. The Bertz CT molecular complexity index is 981. The van der Waals surface area contributed by atoms with Gasteiger partial charge < -0.3 is 10.2 Å². The molecule has 0 spiro atoms. The van der Waals surface area contributed by atoms with Crippen LogP contribution in [-0.2, 0) is 25.7 Å². The van der Waals surface area contributed by atoms with Crippen LogP contribution in [-0.4, -0.2) is 23.4 Å². The van der Waals surface area contributed by atoms with E-state index in [-0.39, 0.29) is 0 Å². The minimum Gasteiger partial charge on any atom is -0.396 e. The molecule has 0 amide bonds. The largest absolute Gasteiger partial charge is 0.396 e. The monoisotopic (exact) mass is 516 g/mol. The van der Waals surface area contributed by atoms with Gasteiger partial charge in [-0.25, -0.2) is 0 Å². The molecule has 2 aromatic carbocycles. The number of allylic oxidation sites excluding steroid dienone is 5. The Morgan fingerprint density at radius 1 is 0.658 bits per heavy atom. The van der Waals surface area contributed by atoms with Gasteiger partial charge in [-0.15, -0.1) is 0 Å². The Balaban J connectivity index is 1.73. The maximum Gasteiger partial charge on any atom is 0.0431 e. The number of benzene rings is 2. The number of aliphatic hydroxyl groups is 2. The van der Waals surface area contributed by atoms with E-state index in [1.165, 1.54) is 64.6 Å². The molecule has 0 atom stereocenters. The molecule has 0 saturated carbocycles. The maximum atomic E-state index is 8.90. The quantitative estimate of drug-likeness (QED) is 0.136. The van der Waals surface area contributed by atoms with Gasteiger partial charge in [-0.05, 0) is 106 Å². The fraction of sp³-hybridized carbons (Fsp3) is 0.500. The van der Waals surface area contributed by atoms with Crippen LogP contribution in [0.2, 0.25) is 0 Å². The van der Waals surface area contributed by atoms with Crippen molar-refractivity contribution in [3.05, 3.63) is 106 Å². The van der Waals surface area contributed by atoms with Gasteiger partial charge in [-0.2, -0.15) is 0 Å². The molecule has 38 heavy (non-hydrogen) atoms. The molecule has 2 N–H and O–H groups in total. The van der Waals surface area contributed by atoms with Gasteiger partial charge in [0.25, 0.3) is 0 Å². The Hall–Kier alpha value is -2.42. The predicted molar refractivity (Wildman–Crippen MR) is 165 cm³/mol. The van der Waals surface area contributed by atoms with E-state index in [0.29, 0.717) is 13.2 Å². The highest BCUT2D eigenvalue weighted by atomic mass is 16.3. The van der Waals surface area contributed by atoms with Crippen molar-refractivity contribution < 1.29 is 10.2 Å². The fourth-order valence-electron chi connectivity index (χ4n) is 4.87. The molecule has 2 nitrogen and oxygen atoms in total. The predicted octanol–water partition coefficient (Wildman–Crippen LogP) is 8.81. The van der Waals surface area contributed by atoms with Crippen LogP contribution >= 0.6 is 0 Å². The van der Waals surface area contributed by atoms with Gasteiger partial charge in [0.2, 0.25) is 0 Å². The van der Waals surface area contributed by atoms with Crippen LogP contribution in [0.3, 0.4) is 0 Å². The molecule has 208 valence electrons. The fourth-order valence-corrected chi connectivity index (χ4v) is 4.87. The van der Waals surface area contributed by atoms with Crippen molar-refractivity contribution in [1.29, 1.82) is 0 Å². The van der Waals surface area contributed by atoms with E-state index in [1.807, 2.05) is 0 Å². The first-order valence-corrected chi connectivity index (χ1v) is 14.9. The van der Waals surface area contributed by atoms with Crippen LogP contribution in [0, 0.1) is 6.92 Å². The highest BCUT2D eigenvalue weighted by Crippen LogP contribution is 2.19. The molecule has 0 aliphatic rings. The molecule has 0 aliphatic heterocycles. The van der Waals surface area contributed by atoms with Crippen molar-refractivity contribution in [2.75, 3.05) is 13.2 Å². The number of rotatable bonds is 20. The molecule has 2 aromatic rings. The second-order valence-corrected chi connectivity index (χ2v) is 10.7. The Morgan fingerprint density at radius 2 is 1.24 bits per heavy atom. The Kier molecular flexibility index (Phi) is 16.4. The summed E-state index contributed by atoms with van der Waals surface area (Å²) < 4.78 is 0. The van der Waals surface area contributed by atoms with Gasteiger partial charge in [-0.3, -0.25) is 0 Å². The molecule has 0 aromatic heterocycles. The Morgan fingerprint density at radius 3 is 1.87 bits per heavy atom. The zero-order chi connectivity index (χ0) is 27.4. The molecule has 0 heterocycles. The minimum atomic E-state index is 0.307. The van der Waals surface area contributed by atoms with Gasteiger partial charge in [0.15, 0.2) is 0 Å². The average Bonchev–Trinajstić information content (AvgIpc) is 2.93. The van der Waals surface area contributed by atoms with Crippen molar-refractivity contribution in [2.45, 2.75) is 104 Å². The van der Waals surface area contributed by atoms with E-state index >= 15 is 0 Å². The lowest BCUT2D eigenvalue weighted by molar-refractivity contribution is 0.282. The van der Waals surface area contributed by atoms with Crippen LogP contribution < -0.4 is 0 Å². The van der Waals surface area contributed by atoms with E-state index in [2.05, 4.69) is 81.1 Å². The molecule has 2 rings (SSSR count). The van der Waals surface area contributed by atoms with Crippen LogP contribution in [0.5, 0.6) is 0 Å². The average molecular weight is 517 g/mol. The van der Waals surface area contributed by atoms with Crippen LogP contribution in [0.15, 0.2) is 78.4 Å². The van der Waals surface area contributed by atoms with Gasteiger partial charge >= 0.3 is 0 Å². The van der Waals surface area contributed by atoms with Gasteiger partial charge in [0.05, 0.1) is 0 Å². The number of hydrogen-bond acceptors (Lipinski definition) is 2. The lowest BCUT2D eigenvalue weighted by Gasteiger charge is -2.10. The summed E-state index contributed by atoms with van der Waals surface area (Å²) in [5, 5.41) is 17.8. The first-order valence-electron chi connectivity index (χ1n) is 14.9. The highest BCUT2D eigenvalue weighted by Gasteiger charge is 2.03. The molecular formula is C36H52O2.